The number of rotatable bonds is 4. The molecule has 8 heteroatoms. The van der Waals surface area contributed by atoms with Crippen LogP contribution in [0.3, 0.4) is 0 Å². The molecule has 0 spiro atoms. The fraction of sp³-hybridized carbons (Fsp3) is 0.333. The molecule has 3 N–H and O–H groups in total. The average Bonchev–Trinajstić information content (AvgIpc) is 2.43. The van der Waals surface area contributed by atoms with Gasteiger partial charge in [-0.15, -0.1) is 5.10 Å². The number of amidine groups is 1. The van der Waals surface area contributed by atoms with Crippen LogP contribution in [0.15, 0.2) is 5.10 Å². The normalized spacial score (nSPS) is 23.3. The van der Waals surface area contributed by atoms with Crippen LogP contribution in [0.25, 0.3) is 0 Å². The summed E-state index contributed by atoms with van der Waals surface area (Å²) in [7, 11) is 0. The Morgan fingerprint density at radius 1 is 1.79 bits per heavy atom. The molecule has 1 atom stereocenters. The van der Waals surface area contributed by atoms with Crippen molar-refractivity contribution in [1.29, 1.82) is 0 Å². The van der Waals surface area contributed by atoms with Crippen molar-refractivity contribution in [3.63, 3.8) is 0 Å². The summed E-state index contributed by atoms with van der Waals surface area (Å²) >= 11 is 0.974. The molecule has 0 radical (unpaired) electrons. The standard InChI is InChI=1S/C6H7N3O4S/c10-2-7-9-6-8-5(13)3(14-6)1-4(11)12/h2-3H,1H2,(H,7,10)(H,11,12)(H,8,9,13). The molecule has 1 saturated heterocycles. The van der Waals surface area contributed by atoms with Gasteiger partial charge in [-0.25, -0.2) is 5.43 Å². The number of carboxylic acid groups (broad SMARTS) is 1. The summed E-state index contributed by atoms with van der Waals surface area (Å²) in [5.41, 5.74) is 2.01. The zero-order valence-corrected chi connectivity index (χ0v) is 7.71. The number of hydrogen-bond acceptors (Lipinski definition) is 5. The Morgan fingerprint density at radius 3 is 3.07 bits per heavy atom. The summed E-state index contributed by atoms with van der Waals surface area (Å²) < 4.78 is 0. The van der Waals surface area contributed by atoms with Crippen molar-refractivity contribution < 1.29 is 19.5 Å². The molecule has 14 heavy (non-hydrogen) atoms. The number of nitrogens with zero attached hydrogens (tertiary/aromatic N) is 1. The van der Waals surface area contributed by atoms with Gasteiger partial charge in [-0.1, -0.05) is 11.8 Å². The maximum Gasteiger partial charge on any atom is 0.305 e. The lowest BCUT2D eigenvalue weighted by atomic mass is 10.3. The van der Waals surface area contributed by atoms with E-state index in [1.807, 2.05) is 5.43 Å². The lowest BCUT2D eigenvalue weighted by molar-refractivity contribution is -0.138. The van der Waals surface area contributed by atoms with Gasteiger partial charge in [0.15, 0.2) is 5.17 Å². The van der Waals surface area contributed by atoms with E-state index in [4.69, 9.17) is 5.11 Å². The summed E-state index contributed by atoms with van der Waals surface area (Å²) in [6, 6.07) is 0. The summed E-state index contributed by atoms with van der Waals surface area (Å²) in [6.45, 7) is 0. The van der Waals surface area contributed by atoms with E-state index in [9.17, 15) is 14.4 Å². The monoisotopic (exact) mass is 217 g/mol. The lowest BCUT2D eigenvalue weighted by Gasteiger charge is -1.97. The highest BCUT2D eigenvalue weighted by atomic mass is 32.2. The minimum absolute atomic E-state index is 0.202. The first-order valence-corrected chi connectivity index (χ1v) is 4.47. The molecule has 0 aromatic rings. The quantitative estimate of drug-likeness (QED) is 0.401. The molecule has 1 aliphatic rings. The van der Waals surface area contributed by atoms with E-state index in [-0.39, 0.29) is 11.6 Å². The Kier molecular flexibility index (Phi) is 3.46. The average molecular weight is 217 g/mol. The molecular weight excluding hydrogens is 210 g/mol. The van der Waals surface area contributed by atoms with Gasteiger partial charge in [-0.3, -0.25) is 14.4 Å². The fourth-order valence-electron chi connectivity index (χ4n) is 0.836. The van der Waals surface area contributed by atoms with Crippen molar-refractivity contribution in [3.8, 4) is 0 Å². The number of hydrogen-bond donors (Lipinski definition) is 3. The van der Waals surface area contributed by atoms with Gasteiger partial charge in [-0.05, 0) is 0 Å². The largest absolute Gasteiger partial charge is 0.481 e. The van der Waals surface area contributed by atoms with Crippen molar-refractivity contribution in [2.24, 2.45) is 5.10 Å². The highest BCUT2D eigenvalue weighted by molar-refractivity contribution is 8.15. The Morgan fingerprint density at radius 2 is 2.50 bits per heavy atom. The Balaban J connectivity index is 2.55. The van der Waals surface area contributed by atoms with Gasteiger partial charge in [-0.2, -0.15) is 0 Å². The first-order chi connectivity index (χ1) is 6.63. The summed E-state index contributed by atoms with van der Waals surface area (Å²) in [5.74, 6) is -1.47. The van der Waals surface area contributed by atoms with Gasteiger partial charge in [0.05, 0.1) is 6.42 Å². The lowest BCUT2D eigenvalue weighted by Crippen LogP contribution is -2.27. The van der Waals surface area contributed by atoms with E-state index in [0.29, 0.717) is 6.41 Å². The maximum absolute atomic E-state index is 11.1. The van der Waals surface area contributed by atoms with Crippen LogP contribution in [0.2, 0.25) is 0 Å². The highest BCUT2D eigenvalue weighted by Crippen LogP contribution is 2.21. The zero-order chi connectivity index (χ0) is 10.6. The molecule has 0 aromatic carbocycles. The number of hydrazone groups is 1. The smallest absolute Gasteiger partial charge is 0.305 e. The predicted octanol–water partition coefficient (Wildman–Crippen LogP) is -1.29. The van der Waals surface area contributed by atoms with Gasteiger partial charge in [0.25, 0.3) is 0 Å². The van der Waals surface area contributed by atoms with Gasteiger partial charge in [0.2, 0.25) is 12.3 Å². The number of aliphatic carboxylic acids is 1. The van der Waals surface area contributed by atoms with Crippen LogP contribution in [0, 0.1) is 0 Å². The molecule has 76 valence electrons. The third-order valence-corrected chi connectivity index (χ3v) is 2.44. The second kappa shape index (κ2) is 4.61. The second-order valence-corrected chi connectivity index (χ2v) is 3.55. The topological polar surface area (TPSA) is 108 Å². The third kappa shape index (κ3) is 2.73. The molecule has 1 rings (SSSR count). The molecule has 0 saturated carbocycles. The van der Waals surface area contributed by atoms with E-state index in [1.165, 1.54) is 0 Å². The number of thioether (sulfide) groups is 1. The van der Waals surface area contributed by atoms with Crippen LogP contribution in [0.5, 0.6) is 0 Å². The molecule has 0 aliphatic carbocycles. The summed E-state index contributed by atoms with van der Waals surface area (Å²) in [5, 5.41) is 13.8. The van der Waals surface area contributed by atoms with Crippen molar-refractivity contribution in [1.82, 2.24) is 10.7 Å². The molecule has 2 amide bonds. The molecule has 1 heterocycles. The number of carbonyl (C=O) groups is 3. The van der Waals surface area contributed by atoms with E-state index in [2.05, 4.69) is 10.4 Å². The Bertz CT molecular complexity index is 303. The van der Waals surface area contributed by atoms with E-state index in [0.717, 1.165) is 11.8 Å². The summed E-state index contributed by atoms with van der Waals surface area (Å²) in [6.07, 6.45) is 0.0842. The molecule has 0 bridgehead atoms. The number of nitrogens with one attached hydrogen (secondary N) is 2. The minimum Gasteiger partial charge on any atom is -0.481 e. The molecular formula is C6H7N3O4S. The van der Waals surface area contributed by atoms with Gasteiger partial charge < -0.3 is 10.4 Å². The Hall–Kier alpha value is -1.57. The Labute approximate surface area is 82.9 Å². The van der Waals surface area contributed by atoms with Crippen LogP contribution in [-0.4, -0.2) is 33.8 Å². The summed E-state index contributed by atoms with van der Waals surface area (Å²) in [4.78, 5) is 31.3. The fourth-order valence-corrected chi connectivity index (χ4v) is 1.76. The predicted molar refractivity (Wildman–Crippen MR) is 48.4 cm³/mol. The number of amides is 2. The minimum atomic E-state index is -1.05. The van der Waals surface area contributed by atoms with E-state index in [1.54, 1.807) is 0 Å². The van der Waals surface area contributed by atoms with Crippen molar-refractivity contribution in [2.45, 2.75) is 11.7 Å². The van der Waals surface area contributed by atoms with Gasteiger partial charge in [0.1, 0.15) is 5.25 Å². The van der Waals surface area contributed by atoms with Crippen LogP contribution in [0.4, 0.5) is 0 Å². The van der Waals surface area contributed by atoms with E-state index < -0.39 is 17.1 Å². The van der Waals surface area contributed by atoms with Gasteiger partial charge >= 0.3 is 5.97 Å². The van der Waals surface area contributed by atoms with E-state index >= 15 is 0 Å². The first-order valence-electron chi connectivity index (χ1n) is 3.59. The SMILES string of the molecule is O=CN/N=C1/NC(=O)C(CC(=O)O)S1. The highest BCUT2D eigenvalue weighted by Gasteiger charge is 2.31. The van der Waals surface area contributed by atoms with Gasteiger partial charge in [0, 0.05) is 0 Å². The van der Waals surface area contributed by atoms with Crippen molar-refractivity contribution >= 4 is 35.2 Å². The van der Waals surface area contributed by atoms with Crippen LogP contribution in [0.1, 0.15) is 6.42 Å². The molecule has 1 unspecified atom stereocenters. The molecule has 1 aliphatic heterocycles. The number of carbonyl (C=O) groups excluding carboxylic acids is 2. The van der Waals surface area contributed by atoms with Crippen molar-refractivity contribution in [3.05, 3.63) is 0 Å². The van der Waals surface area contributed by atoms with Crippen LogP contribution in [-0.2, 0) is 14.4 Å². The first kappa shape index (κ1) is 10.5. The molecule has 0 aromatic heterocycles. The number of carboxylic acids is 1. The third-order valence-electron chi connectivity index (χ3n) is 1.36. The zero-order valence-electron chi connectivity index (χ0n) is 6.89. The molecule has 7 nitrogen and oxygen atoms in total. The molecule has 1 fully saturated rings. The van der Waals surface area contributed by atoms with Crippen LogP contribution >= 0.6 is 11.8 Å². The maximum atomic E-state index is 11.1. The van der Waals surface area contributed by atoms with Crippen molar-refractivity contribution in [2.75, 3.05) is 0 Å². The second-order valence-electron chi connectivity index (χ2n) is 2.36. The van der Waals surface area contributed by atoms with Crippen LogP contribution < -0.4 is 10.7 Å².